The van der Waals surface area contributed by atoms with Crippen LogP contribution in [0.3, 0.4) is 0 Å². The number of thiophene rings is 2. The molecule has 2 heterocycles. The van der Waals surface area contributed by atoms with Crippen molar-refractivity contribution in [2.75, 3.05) is 0 Å². The van der Waals surface area contributed by atoms with Crippen molar-refractivity contribution in [3.8, 4) is 0 Å². The minimum Gasteiger partial charge on any atom is -0.293 e. The average Bonchev–Trinajstić information content (AvgIpc) is 2.84. The molecule has 0 saturated carbocycles. The first-order chi connectivity index (χ1) is 7.68. The normalized spacial score (nSPS) is 10.6. The number of rotatable bonds is 4. The fourth-order valence-electron chi connectivity index (χ4n) is 1.34. The maximum absolute atomic E-state index is 11.9. The highest BCUT2D eigenvalue weighted by Crippen LogP contribution is 2.27. The SMILES string of the molecule is O=C(CCc1sccc1Br)c1sccc1Br. The lowest BCUT2D eigenvalue weighted by Crippen LogP contribution is -1.98. The van der Waals surface area contributed by atoms with Crippen LogP contribution in [0.5, 0.6) is 0 Å². The maximum atomic E-state index is 11.9. The molecule has 0 radical (unpaired) electrons. The van der Waals surface area contributed by atoms with Crippen molar-refractivity contribution in [2.45, 2.75) is 12.8 Å². The lowest BCUT2D eigenvalue weighted by molar-refractivity contribution is 0.0986. The van der Waals surface area contributed by atoms with Crippen LogP contribution in [0.25, 0.3) is 0 Å². The summed E-state index contributed by atoms with van der Waals surface area (Å²) in [7, 11) is 0. The summed E-state index contributed by atoms with van der Waals surface area (Å²) in [6, 6.07) is 3.94. The molecule has 0 aliphatic heterocycles. The van der Waals surface area contributed by atoms with Gasteiger partial charge in [-0.1, -0.05) is 0 Å². The zero-order chi connectivity index (χ0) is 11.5. The van der Waals surface area contributed by atoms with Crippen molar-refractivity contribution < 1.29 is 4.79 Å². The second kappa shape index (κ2) is 5.58. The highest BCUT2D eigenvalue weighted by Gasteiger charge is 2.12. The van der Waals surface area contributed by atoms with Gasteiger partial charge in [0.05, 0.1) is 4.88 Å². The van der Waals surface area contributed by atoms with Crippen LogP contribution in [-0.4, -0.2) is 5.78 Å². The molecular formula is C11H8Br2OS2. The predicted octanol–water partition coefficient (Wildman–Crippen LogP) is 5.15. The van der Waals surface area contributed by atoms with Gasteiger partial charge < -0.3 is 0 Å². The smallest absolute Gasteiger partial charge is 0.174 e. The first kappa shape index (κ1) is 12.5. The van der Waals surface area contributed by atoms with Gasteiger partial charge in [-0.3, -0.25) is 4.79 Å². The molecule has 1 nitrogen and oxygen atoms in total. The Kier molecular flexibility index (Phi) is 4.35. The van der Waals surface area contributed by atoms with Crippen LogP contribution in [0.15, 0.2) is 31.8 Å². The summed E-state index contributed by atoms with van der Waals surface area (Å²) >= 11 is 10.0. The first-order valence-electron chi connectivity index (χ1n) is 4.66. The molecule has 0 amide bonds. The highest BCUT2D eigenvalue weighted by atomic mass is 79.9. The van der Waals surface area contributed by atoms with Gasteiger partial charge in [-0.25, -0.2) is 0 Å². The van der Waals surface area contributed by atoms with Crippen LogP contribution in [0, 0.1) is 0 Å². The van der Waals surface area contributed by atoms with E-state index in [-0.39, 0.29) is 5.78 Å². The van der Waals surface area contributed by atoms with Gasteiger partial charge in [-0.15, -0.1) is 22.7 Å². The van der Waals surface area contributed by atoms with E-state index in [2.05, 4.69) is 31.9 Å². The van der Waals surface area contributed by atoms with Crippen molar-refractivity contribution in [3.63, 3.8) is 0 Å². The molecule has 0 saturated heterocycles. The molecule has 0 aromatic carbocycles. The summed E-state index contributed by atoms with van der Waals surface area (Å²) in [6.07, 6.45) is 1.37. The van der Waals surface area contributed by atoms with Gasteiger partial charge in [0.15, 0.2) is 5.78 Å². The number of hydrogen-bond donors (Lipinski definition) is 0. The van der Waals surface area contributed by atoms with E-state index in [0.29, 0.717) is 6.42 Å². The second-order valence-corrected chi connectivity index (χ2v) is 6.84. The molecule has 5 heteroatoms. The largest absolute Gasteiger partial charge is 0.293 e. The summed E-state index contributed by atoms with van der Waals surface area (Å²) < 4.78 is 2.02. The number of ketones is 1. The monoisotopic (exact) mass is 378 g/mol. The lowest BCUT2D eigenvalue weighted by atomic mass is 10.2. The van der Waals surface area contributed by atoms with Crippen LogP contribution in [0.4, 0.5) is 0 Å². The predicted molar refractivity (Wildman–Crippen MR) is 76.7 cm³/mol. The molecule has 2 aromatic heterocycles. The zero-order valence-corrected chi connectivity index (χ0v) is 13.0. The zero-order valence-electron chi connectivity index (χ0n) is 8.20. The molecule has 0 atom stereocenters. The fourth-order valence-corrected chi connectivity index (χ4v) is 4.45. The van der Waals surface area contributed by atoms with Crippen molar-refractivity contribution >= 4 is 60.3 Å². The van der Waals surface area contributed by atoms with Crippen molar-refractivity contribution in [3.05, 3.63) is 41.6 Å². The fraction of sp³-hybridized carbons (Fsp3) is 0.182. The number of Topliss-reactive ketones (excluding diaryl/α,β-unsaturated/α-hetero) is 1. The summed E-state index contributed by atoms with van der Waals surface area (Å²) in [5.74, 6) is 0.210. The van der Waals surface area contributed by atoms with Gasteiger partial charge in [0.2, 0.25) is 0 Å². The molecule has 0 aliphatic carbocycles. The Morgan fingerprint density at radius 1 is 1.12 bits per heavy atom. The van der Waals surface area contributed by atoms with Crippen LogP contribution in [0.2, 0.25) is 0 Å². The van der Waals surface area contributed by atoms with Gasteiger partial charge in [-0.2, -0.15) is 0 Å². The Morgan fingerprint density at radius 3 is 2.38 bits per heavy atom. The van der Waals surface area contributed by atoms with E-state index in [1.165, 1.54) is 16.2 Å². The van der Waals surface area contributed by atoms with Gasteiger partial charge in [-0.05, 0) is 61.2 Å². The van der Waals surface area contributed by atoms with E-state index < -0.39 is 0 Å². The summed E-state index contributed by atoms with van der Waals surface area (Å²) in [4.78, 5) is 14.0. The first-order valence-corrected chi connectivity index (χ1v) is 8.01. The van der Waals surface area contributed by atoms with Crippen molar-refractivity contribution in [2.24, 2.45) is 0 Å². The molecule has 0 bridgehead atoms. The standard InChI is InChI=1S/C11H8Br2OS2/c12-7-3-5-15-10(7)2-1-9(14)11-8(13)4-6-16-11/h3-6H,1-2H2. The Bertz CT molecular complexity index is 502. The van der Waals surface area contributed by atoms with E-state index in [1.807, 2.05) is 22.9 Å². The third-order valence-electron chi connectivity index (χ3n) is 2.14. The molecule has 16 heavy (non-hydrogen) atoms. The minimum absolute atomic E-state index is 0.210. The molecule has 84 valence electrons. The number of aryl methyl sites for hydroxylation is 1. The van der Waals surface area contributed by atoms with Gasteiger partial charge in [0.1, 0.15) is 0 Å². The van der Waals surface area contributed by atoms with E-state index in [9.17, 15) is 4.79 Å². The van der Waals surface area contributed by atoms with Gasteiger partial charge in [0.25, 0.3) is 0 Å². The Hall–Kier alpha value is 0.0300. The van der Waals surface area contributed by atoms with Crippen LogP contribution < -0.4 is 0 Å². The lowest BCUT2D eigenvalue weighted by Gasteiger charge is -1.98. The Labute approximate surface area is 119 Å². The quantitative estimate of drug-likeness (QED) is 0.671. The summed E-state index contributed by atoms with van der Waals surface area (Å²) in [6.45, 7) is 0. The van der Waals surface area contributed by atoms with Gasteiger partial charge in [0, 0.05) is 20.2 Å². The average molecular weight is 380 g/mol. The number of carbonyl (C=O) groups excluding carboxylic acids is 1. The molecule has 0 N–H and O–H groups in total. The Balaban J connectivity index is 1.99. The minimum atomic E-state index is 0.210. The van der Waals surface area contributed by atoms with E-state index in [0.717, 1.165) is 20.2 Å². The van der Waals surface area contributed by atoms with E-state index in [1.54, 1.807) is 11.3 Å². The van der Waals surface area contributed by atoms with Crippen LogP contribution in [-0.2, 0) is 6.42 Å². The maximum Gasteiger partial charge on any atom is 0.174 e. The molecular weight excluding hydrogens is 372 g/mol. The third-order valence-corrected chi connectivity index (χ3v) is 6.01. The summed E-state index contributed by atoms with van der Waals surface area (Å²) in [5, 5.41) is 3.96. The van der Waals surface area contributed by atoms with E-state index in [4.69, 9.17) is 0 Å². The molecule has 0 spiro atoms. The number of hydrogen-bond acceptors (Lipinski definition) is 3. The topological polar surface area (TPSA) is 17.1 Å². The molecule has 2 aromatic rings. The molecule has 0 unspecified atom stereocenters. The van der Waals surface area contributed by atoms with Crippen molar-refractivity contribution in [1.29, 1.82) is 0 Å². The number of carbonyl (C=O) groups is 1. The molecule has 0 fully saturated rings. The summed E-state index contributed by atoms with van der Waals surface area (Å²) in [5.41, 5.74) is 0. The van der Waals surface area contributed by atoms with Crippen LogP contribution in [0.1, 0.15) is 21.0 Å². The molecule has 2 rings (SSSR count). The molecule has 0 aliphatic rings. The number of halogens is 2. The third kappa shape index (κ3) is 2.83. The Morgan fingerprint density at radius 2 is 1.81 bits per heavy atom. The highest BCUT2D eigenvalue weighted by molar-refractivity contribution is 9.11. The van der Waals surface area contributed by atoms with Gasteiger partial charge >= 0.3 is 0 Å². The van der Waals surface area contributed by atoms with Crippen molar-refractivity contribution in [1.82, 2.24) is 0 Å². The second-order valence-electron chi connectivity index (χ2n) is 3.21. The van der Waals surface area contributed by atoms with E-state index >= 15 is 0 Å². The van der Waals surface area contributed by atoms with Crippen LogP contribution >= 0.6 is 54.5 Å².